The number of hydrogen-bond donors (Lipinski definition) is 4. The highest BCUT2D eigenvalue weighted by molar-refractivity contribution is 5.72. The van der Waals surface area contributed by atoms with Crippen molar-refractivity contribution in [2.24, 2.45) is 5.73 Å². The molecule has 0 bridgehead atoms. The number of hydrogen-bond acceptors (Lipinski definition) is 4. The molecule has 1 aromatic heterocycles. The second-order valence-corrected chi connectivity index (χ2v) is 3.53. The first kappa shape index (κ1) is 15.6. The predicted octanol–water partition coefficient (Wildman–Crippen LogP) is -4.02. The highest BCUT2D eigenvalue weighted by Crippen LogP contribution is 2.07. The minimum atomic E-state index is -1.05. The van der Waals surface area contributed by atoms with E-state index in [9.17, 15) is 9.90 Å². The van der Waals surface area contributed by atoms with Gasteiger partial charge in [0.1, 0.15) is 6.04 Å². The minimum absolute atomic E-state index is 0. The fraction of sp³-hybridized carbons (Fsp3) is 0.400. The number of aliphatic hydroxyl groups is 1. The van der Waals surface area contributed by atoms with E-state index in [1.807, 2.05) is 0 Å². The number of rotatable bonds is 5. The van der Waals surface area contributed by atoms with Crippen LogP contribution in [-0.4, -0.2) is 27.3 Å². The summed E-state index contributed by atoms with van der Waals surface area (Å²) in [5, 5.41) is 26.8. The van der Waals surface area contributed by atoms with Crippen LogP contribution in [0.3, 0.4) is 0 Å². The number of nitrogens with two attached hydrogens (primary N) is 1. The molecule has 0 aliphatic heterocycles. The molecule has 1 aromatic rings. The maximum absolute atomic E-state index is 10.5. The van der Waals surface area contributed by atoms with Crippen LogP contribution in [0.15, 0.2) is 18.5 Å². The lowest BCUT2D eigenvalue weighted by molar-refractivity contribution is -0.698. The van der Waals surface area contributed by atoms with Crippen molar-refractivity contribution in [1.29, 1.82) is 0 Å². The van der Waals surface area contributed by atoms with E-state index in [0.29, 0.717) is 12.1 Å². The molecule has 0 saturated carbocycles. The Bertz CT molecular complexity index is 387. The van der Waals surface area contributed by atoms with Gasteiger partial charge >= 0.3 is 5.97 Å². The molecule has 5 N–H and O–H groups in total. The molecule has 1 heterocycles. The van der Waals surface area contributed by atoms with Gasteiger partial charge in [-0.05, 0) is 6.07 Å². The van der Waals surface area contributed by atoms with Gasteiger partial charge in [-0.2, -0.15) is 0 Å². The highest BCUT2D eigenvalue weighted by atomic mass is 35.5. The number of carboxylic acid groups (broad SMARTS) is 1. The number of aromatic nitrogens is 1. The maximum atomic E-state index is 10.5. The summed E-state index contributed by atoms with van der Waals surface area (Å²) in [5.74, 6) is -1.03. The smallest absolute Gasteiger partial charge is 0.320 e. The average molecular weight is 263 g/mol. The number of aryl methyl sites for hydroxylation is 1. The van der Waals surface area contributed by atoms with E-state index >= 15 is 0 Å². The first-order valence-electron chi connectivity index (χ1n) is 4.84. The molecule has 0 aromatic carbocycles. The molecule has 1 unspecified atom stereocenters. The monoisotopic (exact) mass is 262 g/mol. The molecule has 96 valence electrons. The van der Waals surface area contributed by atoms with Crippen molar-refractivity contribution in [3.05, 3.63) is 24.0 Å². The van der Waals surface area contributed by atoms with E-state index in [1.54, 1.807) is 10.8 Å². The van der Waals surface area contributed by atoms with E-state index in [0.717, 1.165) is 0 Å². The van der Waals surface area contributed by atoms with Crippen molar-refractivity contribution in [3.8, 4) is 5.75 Å². The summed E-state index contributed by atoms with van der Waals surface area (Å²) >= 11 is 0. The average Bonchev–Trinajstić information content (AvgIpc) is 2.24. The molecule has 0 fully saturated rings. The molecule has 0 saturated heterocycles. The van der Waals surface area contributed by atoms with Crippen LogP contribution in [0.4, 0.5) is 0 Å². The third kappa shape index (κ3) is 4.99. The van der Waals surface area contributed by atoms with Crippen molar-refractivity contribution < 1.29 is 37.1 Å². The van der Waals surface area contributed by atoms with Crippen molar-refractivity contribution in [1.82, 2.24) is 0 Å². The zero-order chi connectivity index (χ0) is 12.1. The van der Waals surface area contributed by atoms with Crippen LogP contribution in [0.5, 0.6) is 5.75 Å². The van der Waals surface area contributed by atoms with Crippen molar-refractivity contribution in [3.63, 3.8) is 0 Å². The van der Waals surface area contributed by atoms with E-state index in [2.05, 4.69) is 0 Å². The van der Waals surface area contributed by atoms with Gasteiger partial charge in [-0.25, -0.2) is 4.57 Å². The Morgan fingerprint density at radius 1 is 1.47 bits per heavy atom. The summed E-state index contributed by atoms with van der Waals surface area (Å²) in [6.45, 7) is 0.189. The highest BCUT2D eigenvalue weighted by Gasteiger charge is 2.14. The van der Waals surface area contributed by atoms with Gasteiger partial charge in [-0.15, -0.1) is 0 Å². The number of halogens is 1. The first-order valence-corrected chi connectivity index (χ1v) is 4.84. The Labute approximate surface area is 105 Å². The predicted molar refractivity (Wildman–Crippen MR) is 54.5 cm³/mol. The molecule has 0 amide bonds. The number of nitrogens with zero attached hydrogens (tertiary/aromatic N) is 1. The number of aliphatic hydroxyl groups excluding tert-OH is 1. The fourth-order valence-corrected chi connectivity index (χ4v) is 1.31. The molecule has 0 spiro atoms. The number of carboxylic acids is 1. The van der Waals surface area contributed by atoms with Crippen LogP contribution >= 0.6 is 0 Å². The summed E-state index contributed by atoms with van der Waals surface area (Å²) in [6, 6.07) is 0.514. The lowest BCUT2D eigenvalue weighted by Gasteiger charge is -2.04. The second kappa shape index (κ2) is 7.05. The molecule has 0 aliphatic rings. The van der Waals surface area contributed by atoms with Gasteiger partial charge in [0.15, 0.2) is 18.5 Å². The summed E-state index contributed by atoms with van der Waals surface area (Å²) in [7, 11) is 0. The minimum Gasteiger partial charge on any atom is -1.00 e. The Hall–Kier alpha value is -1.37. The topological polar surface area (TPSA) is 108 Å². The molecule has 17 heavy (non-hydrogen) atoms. The number of aromatic hydroxyl groups is 1. The Morgan fingerprint density at radius 2 is 2.12 bits per heavy atom. The summed E-state index contributed by atoms with van der Waals surface area (Å²) in [5.41, 5.74) is 5.91. The lowest BCUT2D eigenvalue weighted by Crippen LogP contribution is -3.00. The quantitative estimate of drug-likeness (QED) is 0.404. The zero-order valence-corrected chi connectivity index (χ0v) is 9.84. The van der Waals surface area contributed by atoms with Crippen molar-refractivity contribution in [2.75, 3.05) is 0 Å². The standard InChI is InChI=1S/C10H14N2O4.ClH/c11-9(10(15)16)1-2-12-4-7(6-13)3-8(14)5-12;/h3-5,9,13H,1-2,6,11H2,(H-,14,15,16);1H. The van der Waals surface area contributed by atoms with Crippen LogP contribution in [0.1, 0.15) is 12.0 Å². The maximum Gasteiger partial charge on any atom is 0.320 e. The molecule has 7 heteroatoms. The zero-order valence-electron chi connectivity index (χ0n) is 9.08. The molecule has 1 atom stereocenters. The van der Waals surface area contributed by atoms with E-state index < -0.39 is 12.0 Å². The van der Waals surface area contributed by atoms with Crippen LogP contribution < -0.4 is 22.7 Å². The summed E-state index contributed by atoms with van der Waals surface area (Å²) in [4.78, 5) is 10.5. The van der Waals surface area contributed by atoms with Gasteiger partial charge in [0.2, 0.25) is 6.20 Å². The molecular weight excluding hydrogens is 248 g/mol. The first-order chi connectivity index (χ1) is 7.52. The van der Waals surface area contributed by atoms with Crippen molar-refractivity contribution >= 4 is 5.97 Å². The third-order valence-corrected chi connectivity index (χ3v) is 2.16. The summed E-state index contributed by atoms with van der Waals surface area (Å²) in [6.07, 6.45) is 3.34. The van der Waals surface area contributed by atoms with Gasteiger partial charge in [0.25, 0.3) is 0 Å². The van der Waals surface area contributed by atoms with Crippen LogP contribution in [0.2, 0.25) is 0 Å². The third-order valence-electron chi connectivity index (χ3n) is 2.16. The number of carbonyl (C=O) groups is 1. The molecule has 0 radical (unpaired) electrons. The largest absolute Gasteiger partial charge is 1.00 e. The van der Waals surface area contributed by atoms with Gasteiger partial charge in [-0.1, -0.05) is 0 Å². The number of aliphatic carboxylic acids is 1. The molecule has 0 aliphatic carbocycles. The van der Waals surface area contributed by atoms with Gasteiger partial charge in [-0.3, -0.25) is 4.79 Å². The Balaban J connectivity index is 0.00000256. The molecule has 1 rings (SSSR count). The number of pyridine rings is 1. The van der Waals surface area contributed by atoms with Gasteiger partial charge in [0.05, 0.1) is 6.61 Å². The van der Waals surface area contributed by atoms with Gasteiger partial charge in [0, 0.05) is 12.0 Å². The Morgan fingerprint density at radius 3 is 2.65 bits per heavy atom. The molecule has 6 nitrogen and oxygen atoms in total. The van der Waals surface area contributed by atoms with E-state index in [4.69, 9.17) is 15.9 Å². The normalized spacial score (nSPS) is 11.6. The second-order valence-electron chi connectivity index (χ2n) is 3.53. The fourth-order valence-electron chi connectivity index (χ4n) is 1.31. The SMILES string of the molecule is NC(CC[n+]1cc(O)cc(CO)c1)C(=O)O.[Cl-]. The van der Waals surface area contributed by atoms with Crippen LogP contribution in [-0.2, 0) is 17.9 Å². The van der Waals surface area contributed by atoms with Gasteiger partial charge < -0.3 is 33.5 Å². The summed E-state index contributed by atoms with van der Waals surface area (Å²) < 4.78 is 1.60. The Kier molecular flexibility index (Phi) is 6.48. The van der Waals surface area contributed by atoms with Crippen LogP contribution in [0, 0.1) is 0 Å². The van der Waals surface area contributed by atoms with E-state index in [1.165, 1.54) is 12.3 Å². The van der Waals surface area contributed by atoms with Crippen molar-refractivity contribution in [2.45, 2.75) is 25.6 Å². The molecular formula is C10H15ClN2O4. The lowest BCUT2D eigenvalue weighted by atomic mass is 10.2. The van der Waals surface area contributed by atoms with Crippen LogP contribution in [0.25, 0.3) is 0 Å². The van der Waals surface area contributed by atoms with E-state index in [-0.39, 0.29) is 31.2 Å².